The summed E-state index contributed by atoms with van der Waals surface area (Å²) < 4.78 is 28.3. The van der Waals surface area contributed by atoms with Crippen molar-refractivity contribution in [2.75, 3.05) is 39.3 Å². The zero-order chi connectivity index (χ0) is 15.3. The number of piperazine rings is 1. The van der Waals surface area contributed by atoms with Crippen LogP contribution >= 0.6 is 0 Å². The van der Waals surface area contributed by atoms with Gasteiger partial charge in [-0.15, -0.1) is 0 Å². The van der Waals surface area contributed by atoms with E-state index in [1.165, 1.54) is 6.20 Å². The van der Waals surface area contributed by atoms with Gasteiger partial charge < -0.3 is 10.6 Å². The molecule has 0 radical (unpaired) electrons. The van der Waals surface area contributed by atoms with Crippen molar-refractivity contribution < 1.29 is 8.42 Å². The summed E-state index contributed by atoms with van der Waals surface area (Å²) in [6, 6.07) is 0. The molecule has 2 N–H and O–H groups in total. The Balaban J connectivity index is 2.00. The molecule has 1 aromatic heterocycles. The second kappa shape index (κ2) is 7.35. The topological polar surface area (TPSA) is 84.5 Å². The molecule has 8 heteroatoms. The van der Waals surface area contributed by atoms with Gasteiger partial charge in [0.15, 0.2) is 0 Å². The number of hydrogen-bond donors (Lipinski definition) is 1. The monoisotopic (exact) mass is 315 g/mol. The largest absolute Gasteiger partial charge is 0.330 e. The molecule has 0 unspecified atom stereocenters. The summed E-state index contributed by atoms with van der Waals surface area (Å²) in [5, 5.41) is 4.10. The van der Waals surface area contributed by atoms with Gasteiger partial charge in [0.1, 0.15) is 4.90 Å². The Morgan fingerprint density at radius 2 is 1.95 bits per heavy atom. The van der Waals surface area contributed by atoms with Crippen LogP contribution in [0.5, 0.6) is 0 Å². The number of hydrogen-bond acceptors (Lipinski definition) is 5. The molecule has 0 aromatic carbocycles. The zero-order valence-electron chi connectivity index (χ0n) is 12.6. The molecule has 0 saturated carbocycles. The van der Waals surface area contributed by atoms with Crippen LogP contribution in [0.1, 0.15) is 19.8 Å². The predicted octanol–water partition coefficient (Wildman–Crippen LogP) is -0.0518. The molecular weight excluding hydrogens is 290 g/mol. The molecular formula is C13H25N5O2S. The van der Waals surface area contributed by atoms with E-state index in [1.54, 1.807) is 15.2 Å². The van der Waals surface area contributed by atoms with E-state index in [0.717, 1.165) is 32.5 Å². The van der Waals surface area contributed by atoms with Gasteiger partial charge in [-0.25, -0.2) is 8.42 Å². The maximum absolute atomic E-state index is 12.6. The molecule has 2 heterocycles. The number of sulfonamides is 1. The van der Waals surface area contributed by atoms with Crippen molar-refractivity contribution in [3.05, 3.63) is 12.4 Å². The number of rotatable bonds is 7. The minimum Gasteiger partial charge on any atom is -0.330 e. The van der Waals surface area contributed by atoms with Gasteiger partial charge in [0.25, 0.3) is 0 Å². The van der Waals surface area contributed by atoms with E-state index in [1.807, 2.05) is 0 Å². The third-order valence-electron chi connectivity index (χ3n) is 3.71. The van der Waals surface area contributed by atoms with Crippen LogP contribution in [0.25, 0.3) is 0 Å². The molecule has 1 saturated heterocycles. The average Bonchev–Trinajstić information content (AvgIpc) is 2.96. The van der Waals surface area contributed by atoms with Gasteiger partial charge in [-0.2, -0.15) is 9.40 Å². The molecule has 1 aromatic rings. The first-order chi connectivity index (χ1) is 10.1. The fraction of sp³-hybridized carbons (Fsp3) is 0.769. The first kappa shape index (κ1) is 16.4. The lowest BCUT2D eigenvalue weighted by Gasteiger charge is -2.33. The van der Waals surface area contributed by atoms with Crippen molar-refractivity contribution in [1.82, 2.24) is 19.0 Å². The van der Waals surface area contributed by atoms with E-state index in [4.69, 9.17) is 5.73 Å². The second-order valence-corrected chi connectivity index (χ2v) is 7.27. The lowest BCUT2D eigenvalue weighted by atomic mass is 10.3. The molecule has 0 amide bonds. The van der Waals surface area contributed by atoms with Gasteiger partial charge in [-0.05, 0) is 25.9 Å². The van der Waals surface area contributed by atoms with Crippen LogP contribution in [0.2, 0.25) is 0 Å². The summed E-state index contributed by atoms with van der Waals surface area (Å²) in [7, 11) is -3.41. The number of nitrogens with two attached hydrogens (primary N) is 1. The lowest BCUT2D eigenvalue weighted by Crippen LogP contribution is -2.48. The van der Waals surface area contributed by atoms with E-state index < -0.39 is 10.0 Å². The first-order valence-electron chi connectivity index (χ1n) is 7.53. The van der Waals surface area contributed by atoms with Crippen LogP contribution in [0.4, 0.5) is 0 Å². The molecule has 21 heavy (non-hydrogen) atoms. The fourth-order valence-electron chi connectivity index (χ4n) is 2.51. The Morgan fingerprint density at radius 1 is 1.24 bits per heavy atom. The maximum atomic E-state index is 12.6. The summed E-state index contributed by atoms with van der Waals surface area (Å²) in [5.74, 6) is 0. The molecule has 1 aliphatic rings. The van der Waals surface area contributed by atoms with E-state index in [0.29, 0.717) is 26.2 Å². The smallest absolute Gasteiger partial charge is 0.246 e. The Hall–Kier alpha value is -0.960. The summed E-state index contributed by atoms with van der Waals surface area (Å²) in [6.07, 6.45) is 4.92. The molecule has 7 nitrogen and oxygen atoms in total. The van der Waals surface area contributed by atoms with Crippen LogP contribution in [-0.2, 0) is 16.6 Å². The minimum absolute atomic E-state index is 0.281. The second-order valence-electron chi connectivity index (χ2n) is 5.33. The van der Waals surface area contributed by atoms with E-state index in [-0.39, 0.29) is 4.90 Å². The molecule has 0 atom stereocenters. The molecule has 0 aliphatic carbocycles. The third-order valence-corrected chi connectivity index (χ3v) is 5.56. The number of nitrogens with zero attached hydrogens (tertiary/aromatic N) is 4. The summed E-state index contributed by atoms with van der Waals surface area (Å²) >= 11 is 0. The molecule has 0 bridgehead atoms. The van der Waals surface area contributed by atoms with Crippen molar-refractivity contribution >= 4 is 10.0 Å². The van der Waals surface area contributed by atoms with Crippen molar-refractivity contribution in [3.8, 4) is 0 Å². The Morgan fingerprint density at radius 3 is 2.57 bits per heavy atom. The highest BCUT2D eigenvalue weighted by atomic mass is 32.2. The van der Waals surface area contributed by atoms with E-state index in [2.05, 4.69) is 16.9 Å². The molecule has 0 spiro atoms. The van der Waals surface area contributed by atoms with Crippen LogP contribution in [0.3, 0.4) is 0 Å². The molecule has 1 fully saturated rings. The quantitative estimate of drug-likeness (QED) is 0.762. The Bertz CT molecular complexity index is 535. The summed E-state index contributed by atoms with van der Waals surface area (Å²) in [6.45, 7) is 7.09. The van der Waals surface area contributed by atoms with Gasteiger partial charge in [0, 0.05) is 38.9 Å². The summed E-state index contributed by atoms with van der Waals surface area (Å²) in [4.78, 5) is 2.58. The SMILES string of the molecule is CCCN1CCN(S(=O)(=O)c2cnn(CCCN)c2)CC1. The fourth-order valence-corrected chi connectivity index (χ4v) is 3.89. The highest BCUT2D eigenvalue weighted by molar-refractivity contribution is 7.89. The van der Waals surface area contributed by atoms with E-state index >= 15 is 0 Å². The predicted molar refractivity (Wildman–Crippen MR) is 81.4 cm³/mol. The van der Waals surface area contributed by atoms with Gasteiger partial charge in [0.2, 0.25) is 10.0 Å². The third kappa shape index (κ3) is 4.03. The normalized spacial score (nSPS) is 18.2. The molecule has 2 rings (SSSR count). The molecule has 1 aliphatic heterocycles. The van der Waals surface area contributed by atoms with Crippen molar-refractivity contribution in [2.24, 2.45) is 5.73 Å². The van der Waals surface area contributed by atoms with E-state index in [9.17, 15) is 8.42 Å². The Labute approximate surface area is 126 Å². The highest BCUT2D eigenvalue weighted by Gasteiger charge is 2.29. The zero-order valence-corrected chi connectivity index (χ0v) is 13.4. The highest BCUT2D eigenvalue weighted by Crippen LogP contribution is 2.17. The van der Waals surface area contributed by atoms with Crippen LogP contribution in [0.15, 0.2) is 17.3 Å². The average molecular weight is 315 g/mol. The standard InChI is InChI=1S/C13H25N5O2S/c1-2-5-16-7-9-18(10-8-16)21(19,20)13-11-15-17(12-13)6-3-4-14/h11-12H,2-10,14H2,1H3. The van der Waals surface area contributed by atoms with Crippen molar-refractivity contribution in [3.63, 3.8) is 0 Å². The Kier molecular flexibility index (Phi) is 5.74. The van der Waals surface area contributed by atoms with Gasteiger partial charge >= 0.3 is 0 Å². The van der Waals surface area contributed by atoms with Gasteiger partial charge in [-0.1, -0.05) is 6.92 Å². The van der Waals surface area contributed by atoms with Crippen LogP contribution in [-0.4, -0.2) is 66.7 Å². The molecule has 120 valence electrons. The number of aryl methyl sites for hydroxylation is 1. The summed E-state index contributed by atoms with van der Waals surface area (Å²) in [5.41, 5.74) is 5.45. The number of aromatic nitrogens is 2. The van der Waals surface area contributed by atoms with Gasteiger partial charge in [-0.3, -0.25) is 4.68 Å². The van der Waals surface area contributed by atoms with Crippen LogP contribution < -0.4 is 5.73 Å². The first-order valence-corrected chi connectivity index (χ1v) is 8.97. The van der Waals surface area contributed by atoms with Crippen LogP contribution in [0, 0.1) is 0 Å². The van der Waals surface area contributed by atoms with Crippen molar-refractivity contribution in [1.29, 1.82) is 0 Å². The lowest BCUT2D eigenvalue weighted by molar-refractivity contribution is 0.188. The van der Waals surface area contributed by atoms with Crippen molar-refractivity contribution in [2.45, 2.75) is 31.2 Å². The maximum Gasteiger partial charge on any atom is 0.246 e. The van der Waals surface area contributed by atoms with Gasteiger partial charge in [0.05, 0.1) is 6.20 Å². The minimum atomic E-state index is -3.41.